The van der Waals surface area contributed by atoms with Crippen molar-refractivity contribution in [1.82, 2.24) is 20.0 Å². The van der Waals surface area contributed by atoms with Crippen LogP contribution in [0.2, 0.25) is 0 Å². The molecule has 5 heteroatoms. The molecule has 0 saturated heterocycles. The van der Waals surface area contributed by atoms with E-state index >= 15 is 0 Å². The van der Waals surface area contributed by atoms with Crippen LogP contribution in [0.25, 0.3) is 0 Å². The standard InChI is InChI=1S/C12H17N5/c1-2-5-11(13)12-9-17(16-15-12)8-10-6-3-4-7-14-10/h3-4,6-7,9,11H,2,5,8,13H2,1H3. The van der Waals surface area contributed by atoms with Gasteiger partial charge in [0.2, 0.25) is 0 Å². The van der Waals surface area contributed by atoms with Gasteiger partial charge in [-0.3, -0.25) is 4.98 Å². The Kier molecular flexibility index (Phi) is 3.82. The van der Waals surface area contributed by atoms with Crippen LogP contribution >= 0.6 is 0 Å². The van der Waals surface area contributed by atoms with E-state index in [0.717, 1.165) is 24.2 Å². The first-order valence-electron chi connectivity index (χ1n) is 5.85. The monoisotopic (exact) mass is 231 g/mol. The van der Waals surface area contributed by atoms with E-state index in [2.05, 4.69) is 22.2 Å². The first-order chi connectivity index (χ1) is 8.29. The van der Waals surface area contributed by atoms with Gasteiger partial charge in [0.05, 0.1) is 30.2 Å². The first-order valence-corrected chi connectivity index (χ1v) is 5.85. The lowest BCUT2D eigenvalue weighted by molar-refractivity contribution is 0.616. The van der Waals surface area contributed by atoms with Crippen LogP contribution in [0.15, 0.2) is 30.6 Å². The third kappa shape index (κ3) is 3.10. The Morgan fingerprint density at radius 1 is 1.41 bits per heavy atom. The number of hydrogen-bond acceptors (Lipinski definition) is 4. The van der Waals surface area contributed by atoms with Gasteiger partial charge in [0.15, 0.2) is 0 Å². The van der Waals surface area contributed by atoms with Gasteiger partial charge < -0.3 is 5.73 Å². The topological polar surface area (TPSA) is 69.6 Å². The highest BCUT2D eigenvalue weighted by atomic mass is 15.4. The maximum atomic E-state index is 5.98. The predicted octanol–water partition coefficient (Wildman–Crippen LogP) is 1.52. The molecule has 2 aromatic rings. The summed E-state index contributed by atoms with van der Waals surface area (Å²) in [7, 11) is 0. The van der Waals surface area contributed by atoms with Crippen LogP contribution in [0.5, 0.6) is 0 Å². The van der Waals surface area contributed by atoms with E-state index in [1.807, 2.05) is 24.4 Å². The summed E-state index contributed by atoms with van der Waals surface area (Å²) in [5, 5.41) is 8.15. The highest BCUT2D eigenvalue weighted by Gasteiger charge is 2.09. The molecule has 90 valence electrons. The lowest BCUT2D eigenvalue weighted by Crippen LogP contribution is -2.10. The van der Waals surface area contributed by atoms with Crippen molar-refractivity contribution >= 4 is 0 Å². The zero-order chi connectivity index (χ0) is 12.1. The molecule has 5 nitrogen and oxygen atoms in total. The zero-order valence-electron chi connectivity index (χ0n) is 9.95. The maximum absolute atomic E-state index is 5.98. The summed E-state index contributed by atoms with van der Waals surface area (Å²) in [6.07, 6.45) is 5.65. The van der Waals surface area contributed by atoms with Crippen LogP contribution in [0.3, 0.4) is 0 Å². The van der Waals surface area contributed by atoms with Crippen molar-refractivity contribution in [2.45, 2.75) is 32.4 Å². The summed E-state index contributed by atoms with van der Waals surface area (Å²) < 4.78 is 1.77. The molecule has 2 heterocycles. The van der Waals surface area contributed by atoms with E-state index < -0.39 is 0 Å². The average Bonchev–Trinajstić information content (AvgIpc) is 2.79. The molecule has 0 saturated carbocycles. The number of nitrogens with two attached hydrogens (primary N) is 1. The molecule has 0 amide bonds. The molecule has 0 aromatic carbocycles. The minimum absolute atomic E-state index is 0.0162. The molecule has 2 aromatic heterocycles. The van der Waals surface area contributed by atoms with Crippen LogP contribution in [-0.2, 0) is 6.54 Å². The zero-order valence-corrected chi connectivity index (χ0v) is 9.95. The van der Waals surface area contributed by atoms with Crippen molar-refractivity contribution < 1.29 is 0 Å². The van der Waals surface area contributed by atoms with Crippen molar-refractivity contribution in [1.29, 1.82) is 0 Å². The fourth-order valence-corrected chi connectivity index (χ4v) is 1.68. The number of rotatable bonds is 5. The fraction of sp³-hybridized carbons (Fsp3) is 0.417. The molecule has 1 unspecified atom stereocenters. The largest absolute Gasteiger partial charge is 0.323 e. The van der Waals surface area contributed by atoms with Crippen molar-refractivity contribution in [3.63, 3.8) is 0 Å². The van der Waals surface area contributed by atoms with Gasteiger partial charge in [-0.2, -0.15) is 0 Å². The van der Waals surface area contributed by atoms with E-state index in [9.17, 15) is 0 Å². The Balaban J connectivity index is 2.04. The Labute approximate surface area is 101 Å². The normalized spacial score (nSPS) is 12.6. The molecule has 0 aliphatic rings. The fourth-order valence-electron chi connectivity index (χ4n) is 1.68. The van der Waals surface area contributed by atoms with E-state index in [-0.39, 0.29) is 6.04 Å². The third-order valence-electron chi connectivity index (χ3n) is 2.59. The second kappa shape index (κ2) is 5.54. The Hall–Kier alpha value is -1.75. The lowest BCUT2D eigenvalue weighted by Gasteiger charge is -2.04. The highest BCUT2D eigenvalue weighted by Crippen LogP contribution is 2.12. The van der Waals surface area contributed by atoms with Gasteiger partial charge in [0.25, 0.3) is 0 Å². The van der Waals surface area contributed by atoms with Crippen molar-refractivity contribution in [3.8, 4) is 0 Å². The summed E-state index contributed by atoms with van der Waals surface area (Å²) in [6, 6.07) is 5.81. The van der Waals surface area contributed by atoms with Gasteiger partial charge in [-0.15, -0.1) is 5.10 Å². The first kappa shape index (κ1) is 11.7. The third-order valence-corrected chi connectivity index (χ3v) is 2.59. The second-order valence-corrected chi connectivity index (χ2v) is 4.06. The van der Waals surface area contributed by atoms with Gasteiger partial charge in [0, 0.05) is 6.20 Å². The summed E-state index contributed by atoms with van der Waals surface area (Å²) in [5.41, 5.74) is 7.80. The number of hydrogen-bond donors (Lipinski definition) is 1. The summed E-state index contributed by atoms with van der Waals surface area (Å²) in [5.74, 6) is 0. The summed E-state index contributed by atoms with van der Waals surface area (Å²) in [6.45, 7) is 2.74. The van der Waals surface area contributed by atoms with Gasteiger partial charge in [-0.05, 0) is 18.6 Å². The molecule has 2 N–H and O–H groups in total. The van der Waals surface area contributed by atoms with Crippen molar-refractivity contribution in [3.05, 3.63) is 42.0 Å². The minimum Gasteiger partial charge on any atom is -0.323 e. The van der Waals surface area contributed by atoms with Gasteiger partial charge in [0.1, 0.15) is 0 Å². The maximum Gasteiger partial charge on any atom is 0.0994 e. The molecular weight excluding hydrogens is 214 g/mol. The molecule has 0 radical (unpaired) electrons. The van der Waals surface area contributed by atoms with Gasteiger partial charge >= 0.3 is 0 Å². The van der Waals surface area contributed by atoms with Crippen molar-refractivity contribution in [2.24, 2.45) is 5.73 Å². The molecule has 1 atom stereocenters. The van der Waals surface area contributed by atoms with Crippen LogP contribution in [0.4, 0.5) is 0 Å². The quantitative estimate of drug-likeness (QED) is 0.847. The molecule has 0 aliphatic heterocycles. The SMILES string of the molecule is CCCC(N)c1cn(Cc2ccccn2)nn1. The van der Waals surface area contributed by atoms with Gasteiger partial charge in [-0.25, -0.2) is 4.68 Å². The molecule has 0 bridgehead atoms. The minimum atomic E-state index is -0.0162. The molecular formula is C12H17N5. The van der Waals surface area contributed by atoms with Crippen LogP contribution in [0, 0.1) is 0 Å². The Morgan fingerprint density at radius 3 is 3.00 bits per heavy atom. The smallest absolute Gasteiger partial charge is 0.0994 e. The Bertz CT molecular complexity index is 451. The molecule has 17 heavy (non-hydrogen) atoms. The average molecular weight is 231 g/mol. The van der Waals surface area contributed by atoms with Crippen LogP contribution < -0.4 is 5.73 Å². The van der Waals surface area contributed by atoms with E-state index in [0.29, 0.717) is 6.54 Å². The predicted molar refractivity (Wildman–Crippen MR) is 65.2 cm³/mol. The summed E-state index contributed by atoms with van der Waals surface area (Å²) in [4.78, 5) is 4.24. The number of pyridine rings is 1. The van der Waals surface area contributed by atoms with E-state index in [4.69, 9.17) is 5.73 Å². The number of nitrogens with zero attached hydrogens (tertiary/aromatic N) is 4. The molecule has 0 spiro atoms. The van der Waals surface area contributed by atoms with E-state index in [1.54, 1.807) is 10.9 Å². The van der Waals surface area contributed by atoms with Crippen LogP contribution in [0.1, 0.15) is 37.2 Å². The second-order valence-electron chi connectivity index (χ2n) is 4.06. The highest BCUT2D eigenvalue weighted by molar-refractivity contribution is 5.05. The van der Waals surface area contributed by atoms with Crippen LogP contribution in [-0.4, -0.2) is 20.0 Å². The number of aromatic nitrogens is 4. The summed E-state index contributed by atoms with van der Waals surface area (Å²) >= 11 is 0. The van der Waals surface area contributed by atoms with Gasteiger partial charge in [-0.1, -0.05) is 24.6 Å². The Morgan fingerprint density at radius 2 is 2.29 bits per heavy atom. The molecule has 0 aliphatic carbocycles. The van der Waals surface area contributed by atoms with E-state index in [1.165, 1.54) is 0 Å². The van der Waals surface area contributed by atoms with Crippen molar-refractivity contribution in [2.75, 3.05) is 0 Å². The lowest BCUT2D eigenvalue weighted by atomic mass is 10.1. The molecule has 0 fully saturated rings. The molecule has 2 rings (SSSR count).